The number of anilines is 1. The Balaban J connectivity index is 1.24. The van der Waals surface area contributed by atoms with Crippen molar-refractivity contribution in [2.24, 2.45) is 13.0 Å². The fourth-order valence-electron chi connectivity index (χ4n) is 6.89. The van der Waals surface area contributed by atoms with Gasteiger partial charge >= 0.3 is 5.97 Å². The summed E-state index contributed by atoms with van der Waals surface area (Å²) in [6, 6.07) is 19.7. The molecule has 1 aromatic heterocycles. The SMILES string of the molecule is CC1c2ccccc2CCN1C(=O)c1cc(C2CC2)c2cc(-c3ccc(N4CCC(C(=O)O)C4)cc3F)n(C)c2c1. The number of carbonyl (C=O) groups excluding carboxylic acids is 1. The summed E-state index contributed by atoms with van der Waals surface area (Å²) < 4.78 is 17.6. The Morgan fingerprint density at radius 2 is 1.76 bits per heavy atom. The van der Waals surface area contributed by atoms with Crippen LogP contribution >= 0.6 is 0 Å². The van der Waals surface area contributed by atoms with Crippen molar-refractivity contribution in [2.45, 2.75) is 44.6 Å². The predicted molar refractivity (Wildman–Crippen MR) is 158 cm³/mol. The minimum Gasteiger partial charge on any atom is -0.481 e. The molecule has 1 saturated carbocycles. The quantitative estimate of drug-likeness (QED) is 0.306. The summed E-state index contributed by atoms with van der Waals surface area (Å²) in [6.45, 7) is 3.79. The molecule has 3 aliphatic rings. The average molecular weight is 552 g/mol. The summed E-state index contributed by atoms with van der Waals surface area (Å²) in [5.74, 6) is -1.10. The van der Waals surface area contributed by atoms with Gasteiger partial charge in [-0.3, -0.25) is 9.59 Å². The van der Waals surface area contributed by atoms with Crippen LogP contribution in [0.1, 0.15) is 65.2 Å². The zero-order valence-corrected chi connectivity index (χ0v) is 23.4. The van der Waals surface area contributed by atoms with Crippen molar-refractivity contribution in [3.8, 4) is 11.3 Å². The molecule has 7 rings (SSSR count). The molecule has 0 bridgehead atoms. The van der Waals surface area contributed by atoms with E-state index in [1.807, 2.05) is 39.6 Å². The maximum absolute atomic E-state index is 15.6. The molecule has 1 N–H and O–H groups in total. The molecule has 1 aliphatic carbocycles. The number of aliphatic carboxylic acids is 1. The molecule has 2 aliphatic heterocycles. The van der Waals surface area contributed by atoms with Crippen molar-refractivity contribution in [1.82, 2.24) is 9.47 Å². The normalized spacial score (nSPS) is 20.5. The topological polar surface area (TPSA) is 65.8 Å². The Kier molecular flexibility index (Phi) is 6.14. The van der Waals surface area contributed by atoms with Crippen molar-refractivity contribution in [2.75, 3.05) is 24.5 Å². The number of amides is 1. The summed E-state index contributed by atoms with van der Waals surface area (Å²) in [5, 5.41) is 10.4. The van der Waals surface area contributed by atoms with Gasteiger partial charge in [-0.15, -0.1) is 0 Å². The van der Waals surface area contributed by atoms with Gasteiger partial charge in [0, 0.05) is 54.4 Å². The highest BCUT2D eigenvalue weighted by Gasteiger charge is 2.32. The van der Waals surface area contributed by atoms with E-state index in [-0.39, 0.29) is 17.8 Å². The van der Waals surface area contributed by atoms with Crippen LogP contribution in [-0.4, -0.2) is 46.1 Å². The van der Waals surface area contributed by atoms with Gasteiger partial charge in [-0.25, -0.2) is 4.39 Å². The number of carboxylic acids is 1. The van der Waals surface area contributed by atoms with Gasteiger partial charge in [-0.1, -0.05) is 24.3 Å². The van der Waals surface area contributed by atoms with Gasteiger partial charge in [-0.2, -0.15) is 0 Å². The van der Waals surface area contributed by atoms with E-state index >= 15 is 4.39 Å². The van der Waals surface area contributed by atoms with Gasteiger partial charge < -0.3 is 19.5 Å². The first-order valence-electron chi connectivity index (χ1n) is 14.6. The third-order valence-corrected chi connectivity index (χ3v) is 9.44. The van der Waals surface area contributed by atoms with E-state index < -0.39 is 11.9 Å². The number of rotatable bonds is 5. The van der Waals surface area contributed by atoms with Crippen molar-refractivity contribution >= 4 is 28.5 Å². The fourth-order valence-corrected chi connectivity index (χ4v) is 6.89. The Morgan fingerprint density at radius 3 is 2.49 bits per heavy atom. The first-order valence-corrected chi connectivity index (χ1v) is 14.6. The third-order valence-electron chi connectivity index (χ3n) is 9.44. The smallest absolute Gasteiger partial charge is 0.308 e. The molecule has 1 amide bonds. The zero-order chi connectivity index (χ0) is 28.4. The fraction of sp³-hybridized carbons (Fsp3) is 0.353. The van der Waals surface area contributed by atoms with E-state index in [4.69, 9.17) is 0 Å². The highest BCUT2D eigenvalue weighted by molar-refractivity contribution is 6.01. The number of halogens is 1. The number of fused-ring (bicyclic) bond motifs is 2. The molecule has 41 heavy (non-hydrogen) atoms. The van der Waals surface area contributed by atoms with Crippen LogP contribution in [0, 0.1) is 11.7 Å². The molecule has 3 aromatic carbocycles. The number of aryl methyl sites for hydroxylation is 1. The van der Waals surface area contributed by atoms with Crippen LogP contribution in [0.15, 0.2) is 60.7 Å². The summed E-state index contributed by atoms with van der Waals surface area (Å²) in [5.41, 5.74) is 7.29. The van der Waals surface area contributed by atoms with E-state index in [2.05, 4.69) is 37.3 Å². The number of hydrogen-bond acceptors (Lipinski definition) is 3. The van der Waals surface area contributed by atoms with E-state index in [0.717, 1.165) is 35.9 Å². The molecule has 2 fully saturated rings. The van der Waals surface area contributed by atoms with E-state index in [9.17, 15) is 14.7 Å². The second kappa shape index (κ2) is 9.75. The Labute approximate surface area is 239 Å². The highest BCUT2D eigenvalue weighted by Crippen LogP contribution is 2.45. The second-order valence-corrected chi connectivity index (χ2v) is 11.9. The predicted octanol–water partition coefficient (Wildman–Crippen LogP) is 6.53. The van der Waals surface area contributed by atoms with Gasteiger partial charge in [0.15, 0.2) is 0 Å². The summed E-state index contributed by atoms with van der Waals surface area (Å²) in [7, 11) is 1.94. The van der Waals surface area contributed by atoms with Crippen LogP contribution < -0.4 is 4.90 Å². The molecule has 2 atom stereocenters. The van der Waals surface area contributed by atoms with Gasteiger partial charge in [-0.05, 0) is 91.6 Å². The van der Waals surface area contributed by atoms with Crippen molar-refractivity contribution in [3.63, 3.8) is 0 Å². The first kappa shape index (κ1) is 25.8. The van der Waals surface area contributed by atoms with Crippen LogP contribution in [-0.2, 0) is 18.3 Å². The Morgan fingerprint density at radius 1 is 0.951 bits per heavy atom. The van der Waals surface area contributed by atoms with Crippen LogP contribution in [0.5, 0.6) is 0 Å². The molecule has 4 aromatic rings. The minimum absolute atomic E-state index is 0.00508. The monoisotopic (exact) mass is 551 g/mol. The number of aromatic nitrogens is 1. The molecule has 210 valence electrons. The molecule has 1 saturated heterocycles. The summed E-state index contributed by atoms with van der Waals surface area (Å²) in [6.07, 6.45) is 3.61. The number of carbonyl (C=O) groups is 2. The summed E-state index contributed by atoms with van der Waals surface area (Å²) >= 11 is 0. The Hall–Kier alpha value is -4.13. The standard InChI is InChI=1S/C34H34FN3O3/c1-20-26-6-4-3-5-21(26)12-14-38(20)33(39)24-15-28(22-7-8-22)29-18-32(36(2)31(29)16-24)27-10-9-25(17-30(27)35)37-13-11-23(19-37)34(40)41/h3-6,9-10,15-18,20,22-23H,7-8,11-14,19H2,1-2H3,(H,40,41). The number of nitrogens with zero attached hydrogens (tertiary/aromatic N) is 3. The average Bonchev–Trinajstić information content (AvgIpc) is 3.60. The second-order valence-electron chi connectivity index (χ2n) is 11.9. The van der Waals surface area contributed by atoms with E-state index in [1.165, 1.54) is 22.8 Å². The Bertz CT molecular complexity index is 1710. The van der Waals surface area contributed by atoms with Gasteiger partial charge in [0.2, 0.25) is 0 Å². The number of benzene rings is 3. The number of carboxylic acid groups (broad SMARTS) is 1. The maximum Gasteiger partial charge on any atom is 0.308 e. The molecular weight excluding hydrogens is 517 g/mol. The molecule has 0 spiro atoms. The third kappa shape index (κ3) is 4.39. The van der Waals surface area contributed by atoms with Crippen molar-refractivity contribution < 1.29 is 19.1 Å². The molecule has 2 unspecified atom stereocenters. The molecular formula is C34H34FN3O3. The lowest BCUT2D eigenvalue weighted by atomic mass is 9.92. The van der Waals surface area contributed by atoms with Crippen LogP contribution in [0.2, 0.25) is 0 Å². The van der Waals surface area contributed by atoms with Crippen molar-refractivity contribution in [1.29, 1.82) is 0 Å². The lowest BCUT2D eigenvalue weighted by molar-refractivity contribution is -0.140. The van der Waals surface area contributed by atoms with Gasteiger partial charge in [0.05, 0.1) is 17.7 Å². The zero-order valence-electron chi connectivity index (χ0n) is 23.4. The maximum atomic E-state index is 15.6. The lowest BCUT2D eigenvalue weighted by Gasteiger charge is -2.35. The minimum atomic E-state index is -0.802. The van der Waals surface area contributed by atoms with Gasteiger partial charge in [0.25, 0.3) is 5.91 Å². The van der Waals surface area contributed by atoms with Crippen LogP contribution in [0.3, 0.4) is 0 Å². The molecule has 3 heterocycles. The van der Waals surface area contributed by atoms with Gasteiger partial charge in [0.1, 0.15) is 5.82 Å². The molecule has 7 heteroatoms. The van der Waals surface area contributed by atoms with Crippen molar-refractivity contribution in [3.05, 3.63) is 88.7 Å². The largest absolute Gasteiger partial charge is 0.481 e. The van der Waals surface area contributed by atoms with Crippen LogP contribution in [0.4, 0.5) is 10.1 Å². The molecule has 6 nitrogen and oxygen atoms in total. The summed E-state index contributed by atoms with van der Waals surface area (Å²) in [4.78, 5) is 29.2. The first-order chi connectivity index (χ1) is 19.8. The van der Waals surface area contributed by atoms with Crippen LogP contribution in [0.25, 0.3) is 22.2 Å². The molecule has 0 radical (unpaired) electrons. The van der Waals surface area contributed by atoms with E-state index in [0.29, 0.717) is 48.8 Å². The van der Waals surface area contributed by atoms with E-state index in [1.54, 1.807) is 6.07 Å². The lowest BCUT2D eigenvalue weighted by Crippen LogP contribution is -2.38. The highest BCUT2D eigenvalue weighted by atomic mass is 19.1. The number of hydrogen-bond donors (Lipinski definition) is 1.